The monoisotopic (exact) mass is 195 g/mol. The summed E-state index contributed by atoms with van der Waals surface area (Å²) in [5, 5.41) is 3.29. The summed E-state index contributed by atoms with van der Waals surface area (Å²) < 4.78 is 0. The predicted molar refractivity (Wildman–Crippen MR) is 61.4 cm³/mol. The molecule has 0 heterocycles. The first kappa shape index (κ1) is 10.6. The molecule has 1 N–H and O–H groups in total. The van der Waals surface area contributed by atoms with Crippen LogP contribution in [0, 0.1) is 6.92 Å². The zero-order valence-corrected chi connectivity index (χ0v) is 9.14. The molecule has 0 saturated heterocycles. The predicted octanol–water partition coefficient (Wildman–Crippen LogP) is 2.58. The zero-order valence-electron chi connectivity index (χ0n) is 8.25. The van der Waals surface area contributed by atoms with Gasteiger partial charge in [0.25, 0.3) is 0 Å². The summed E-state index contributed by atoms with van der Waals surface area (Å²) >= 11 is 4.24. The number of nitrogens with one attached hydrogen (secondary N) is 1. The number of thiol groups is 1. The number of hydrogen-bond donors (Lipinski definition) is 2. The Morgan fingerprint density at radius 3 is 2.38 bits per heavy atom. The van der Waals surface area contributed by atoms with Crippen molar-refractivity contribution >= 4 is 12.6 Å². The highest BCUT2D eigenvalue weighted by Crippen LogP contribution is 2.17. The van der Waals surface area contributed by atoms with E-state index in [-0.39, 0.29) is 0 Å². The number of hydrogen-bond acceptors (Lipinski definition) is 2. The molecular formula is C11H17NS. The number of benzene rings is 1. The van der Waals surface area contributed by atoms with Crippen LogP contribution in [0.3, 0.4) is 0 Å². The van der Waals surface area contributed by atoms with Crippen molar-refractivity contribution in [3.05, 3.63) is 35.4 Å². The van der Waals surface area contributed by atoms with Crippen LogP contribution in [0.4, 0.5) is 0 Å². The van der Waals surface area contributed by atoms with Crippen LogP contribution in [-0.4, -0.2) is 12.8 Å². The van der Waals surface area contributed by atoms with E-state index >= 15 is 0 Å². The number of aryl methyl sites for hydroxylation is 1. The van der Waals surface area contributed by atoms with E-state index in [1.165, 1.54) is 11.1 Å². The second kappa shape index (κ2) is 5.30. The Morgan fingerprint density at radius 2 is 1.92 bits per heavy atom. The van der Waals surface area contributed by atoms with Gasteiger partial charge in [-0.25, -0.2) is 0 Å². The molecule has 1 atom stereocenters. The van der Waals surface area contributed by atoms with E-state index in [9.17, 15) is 0 Å². The molecule has 0 aliphatic heterocycles. The molecule has 0 aliphatic rings. The molecule has 0 fully saturated rings. The van der Waals surface area contributed by atoms with Gasteiger partial charge in [0, 0.05) is 6.04 Å². The van der Waals surface area contributed by atoms with Crippen molar-refractivity contribution in [2.75, 3.05) is 12.8 Å². The van der Waals surface area contributed by atoms with Crippen LogP contribution < -0.4 is 5.32 Å². The van der Waals surface area contributed by atoms with Crippen LogP contribution in [0.15, 0.2) is 24.3 Å². The van der Waals surface area contributed by atoms with Crippen LogP contribution in [0.25, 0.3) is 0 Å². The largest absolute Gasteiger partial charge is 0.313 e. The summed E-state index contributed by atoms with van der Waals surface area (Å²) in [6.45, 7) is 2.11. The molecule has 1 nitrogen and oxygen atoms in total. The lowest BCUT2D eigenvalue weighted by Crippen LogP contribution is -2.16. The van der Waals surface area contributed by atoms with Crippen molar-refractivity contribution in [2.45, 2.75) is 19.4 Å². The quantitative estimate of drug-likeness (QED) is 0.704. The van der Waals surface area contributed by atoms with Gasteiger partial charge in [0.05, 0.1) is 0 Å². The van der Waals surface area contributed by atoms with Gasteiger partial charge in [-0.3, -0.25) is 0 Å². The molecule has 2 heteroatoms. The average Bonchev–Trinajstić information content (AvgIpc) is 2.16. The fourth-order valence-corrected chi connectivity index (χ4v) is 1.66. The molecule has 0 saturated carbocycles. The minimum Gasteiger partial charge on any atom is -0.313 e. The molecule has 72 valence electrons. The Bertz CT molecular complexity index is 243. The molecule has 1 rings (SSSR count). The molecule has 0 aliphatic carbocycles. The Labute approximate surface area is 86.0 Å². The zero-order chi connectivity index (χ0) is 9.68. The Hall–Kier alpha value is -0.470. The molecule has 1 aromatic carbocycles. The third-order valence-corrected chi connectivity index (χ3v) is 2.50. The topological polar surface area (TPSA) is 12.0 Å². The summed E-state index contributed by atoms with van der Waals surface area (Å²) in [5.41, 5.74) is 2.66. The van der Waals surface area contributed by atoms with Crippen LogP contribution in [0.5, 0.6) is 0 Å². The number of rotatable bonds is 4. The van der Waals surface area contributed by atoms with Crippen molar-refractivity contribution in [1.82, 2.24) is 5.32 Å². The van der Waals surface area contributed by atoms with Gasteiger partial charge in [-0.15, -0.1) is 0 Å². The van der Waals surface area contributed by atoms with E-state index in [2.05, 4.69) is 49.1 Å². The Balaban J connectivity index is 2.73. The van der Waals surface area contributed by atoms with Crippen molar-refractivity contribution < 1.29 is 0 Å². The van der Waals surface area contributed by atoms with Gasteiger partial charge in [-0.1, -0.05) is 29.8 Å². The van der Waals surface area contributed by atoms with Crippen LogP contribution >= 0.6 is 12.6 Å². The van der Waals surface area contributed by atoms with E-state index in [4.69, 9.17) is 0 Å². The molecule has 0 radical (unpaired) electrons. The fourth-order valence-electron chi connectivity index (χ4n) is 1.41. The second-order valence-corrected chi connectivity index (χ2v) is 3.71. The maximum absolute atomic E-state index is 4.24. The summed E-state index contributed by atoms with van der Waals surface area (Å²) in [6.07, 6.45) is 1.07. The lowest BCUT2D eigenvalue weighted by molar-refractivity contribution is 0.582. The molecule has 1 aromatic rings. The third kappa shape index (κ3) is 3.05. The van der Waals surface area contributed by atoms with E-state index < -0.39 is 0 Å². The van der Waals surface area contributed by atoms with E-state index in [1.54, 1.807) is 0 Å². The molecule has 0 bridgehead atoms. The fraction of sp³-hybridized carbons (Fsp3) is 0.455. The lowest BCUT2D eigenvalue weighted by Gasteiger charge is -2.15. The normalized spacial score (nSPS) is 12.8. The van der Waals surface area contributed by atoms with Gasteiger partial charge in [-0.2, -0.15) is 12.6 Å². The van der Waals surface area contributed by atoms with Gasteiger partial charge >= 0.3 is 0 Å². The van der Waals surface area contributed by atoms with Crippen LogP contribution in [0.2, 0.25) is 0 Å². The molecular weight excluding hydrogens is 178 g/mol. The maximum Gasteiger partial charge on any atom is 0.0325 e. The first-order valence-electron chi connectivity index (χ1n) is 4.62. The van der Waals surface area contributed by atoms with Crippen molar-refractivity contribution in [1.29, 1.82) is 0 Å². The van der Waals surface area contributed by atoms with E-state index in [0.717, 1.165) is 12.2 Å². The highest BCUT2D eigenvalue weighted by atomic mass is 32.1. The SMILES string of the molecule is CNC(CCS)c1ccc(C)cc1. The van der Waals surface area contributed by atoms with Gasteiger partial charge in [0.2, 0.25) is 0 Å². The highest BCUT2D eigenvalue weighted by Gasteiger charge is 2.06. The van der Waals surface area contributed by atoms with Crippen molar-refractivity contribution in [2.24, 2.45) is 0 Å². The van der Waals surface area contributed by atoms with Crippen molar-refractivity contribution in [3.8, 4) is 0 Å². The Morgan fingerprint density at radius 1 is 1.31 bits per heavy atom. The lowest BCUT2D eigenvalue weighted by atomic mass is 10.0. The van der Waals surface area contributed by atoms with Gasteiger partial charge in [-0.05, 0) is 31.7 Å². The van der Waals surface area contributed by atoms with Gasteiger partial charge < -0.3 is 5.32 Å². The minimum atomic E-state index is 0.443. The standard InChI is InChI=1S/C11H17NS/c1-9-3-5-10(6-4-9)11(12-2)7-8-13/h3-6,11-13H,7-8H2,1-2H3. The molecule has 0 aromatic heterocycles. The maximum atomic E-state index is 4.24. The first-order chi connectivity index (χ1) is 6.27. The first-order valence-corrected chi connectivity index (χ1v) is 5.26. The second-order valence-electron chi connectivity index (χ2n) is 3.26. The van der Waals surface area contributed by atoms with Crippen LogP contribution in [0.1, 0.15) is 23.6 Å². The minimum absolute atomic E-state index is 0.443. The highest BCUT2D eigenvalue weighted by molar-refractivity contribution is 7.80. The van der Waals surface area contributed by atoms with E-state index in [0.29, 0.717) is 6.04 Å². The summed E-state index contributed by atoms with van der Waals surface area (Å²) in [6, 6.07) is 9.11. The summed E-state index contributed by atoms with van der Waals surface area (Å²) in [5.74, 6) is 0.916. The van der Waals surface area contributed by atoms with Crippen LogP contribution in [-0.2, 0) is 0 Å². The molecule has 0 spiro atoms. The van der Waals surface area contributed by atoms with Crippen molar-refractivity contribution in [3.63, 3.8) is 0 Å². The van der Waals surface area contributed by atoms with Gasteiger partial charge in [0.15, 0.2) is 0 Å². The molecule has 13 heavy (non-hydrogen) atoms. The smallest absolute Gasteiger partial charge is 0.0325 e. The summed E-state index contributed by atoms with van der Waals surface area (Å²) in [7, 11) is 1.99. The van der Waals surface area contributed by atoms with E-state index in [1.807, 2.05) is 7.05 Å². The Kier molecular flexibility index (Phi) is 4.33. The molecule has 0 amide bonds. The van der Waals surface area contributed by atoms with Gasteiger partial charge in [0.1, 0.15) is 0 Å². The summed E-state index contributed by atoms with van der Waals surface area (Å²) in [4.78, 5) is 0. The molecule has 1 unspecified atom stereocenters. The average molecular weight is 195 g/mol. The third-order valence-electron chi connectivity index (χ3n) is 2.25.